The molecule has 0 heterocycles. The second-order valence-corrected chi connectivity index (χ2v) is 5.11. The van der Waals surface area contributed by atoms with E-state index in [0.29, 0.717) is 25.2 Å². The maximum Gasteiger partial charge on any atom is 0.416 e. The zero-order valence-electron chi connectivity index (χ0n) is 12.7. The number of nitrogens with one attached hydrogen (secondary N) is 1. The fraction of sp³-hybridized carbons (Fsp3) is 0.429. The van der Waals surface area contributed by atoms with E-state index in [1.165, 1.54) is 4.90 Å². The van der Waals surface area contributed by atoms with Gasteiger partial charge in [-0.25, -0.2) is 0 Å². The minimum absolute atomic E-state index is 0.0422. The number of halogens is 6. The van der Waals surface area contributed by atoms with Crippen molar-refractivity contribution in [2.75, 3.05) is 13.1 Å². The molecule has 1 aromatic rings. The third-order valence-electron chi connectivity index (χ3n) is 3.12. The first-order valence-electron chi connectivity index (χ1n) is 6.79. The van der Waals surface area contributed by atoms with Gasteiger partial charge in [0.25, 0.3) is 5.91 Å². The molecule has 10 heteroatoms. The van der Waals surface area contributed by atoms with Crippen LogP contribution >= 0.6 is 12.2 Å². The maximum absolute atomic E-state index is 12.8. The average Bonchev–Trinajstić information content (AvgIpc) is 2.46. The minimum Gasteiger partial charge on any atom is -0.350 e. The Hall–Kier alpha value is -1.84. The second-order valence-electron chi connectivity index (χ2n) is 4.73. The lowest BCUT2D eigenvalue weighted by molar-refractivity contribution is -0.143. The molecule has 0 spiro atoms. The molecule has 0 radical (unpaired) electrons. The van der Waals surface area contributed by atoms with E-state index in [2.05, 4.69) is 5.32 Å². The van der Waals surface area contributed by atoms with Crippen molar-refractivity contribution >= 4 is 23.2 Å². The van der Waals surface area contributed by atoms with Gasteiger partial charge in [-0.3, -0.25) is 10.1 Å². The third kappa shape index (κ3) is 5.08. The monoisotopic (exact) mass is 372 g/mol. The molecule has 0 saturated carbocycles. The summed E-state index contributed by atoms with van der Waals surface area (Å²) in [6, 6.07) is 0.671. The first-order valence-corrected chi connectivity index (χ1v) is 7.20. The van der Waals surface area contributed by atoms with Gasteiger partial charge in [-0.1, -0.05) is 0 Å². The van der Waals surface area contributed by atoms with Crippen molar-refractivity contribution in [1.29, 1.82) is 0 Å². The van der Waals surface area contributed by atoms with Crippen LogP contribution in [-0.4, -0.2) is 29.0 Å². The van der Waals surface area contributed by atoms with E-state index in [-0.39, 0.29) is 11.2 Å². The number of thiocarbonyl (C=S) groups is 1. The van der Waals surface area contributed by atoms with E-state index >= 15 is 0 Å². The molecule has 0 unspecified atom stereocenters. The summed E-state index contributed by atoms with van der Waals surface area (Å²) >= 11 is 4.91. The van der Waals surface area contributed by atoms with Gasteiger partial charge in [0.05, 0.1) is 11.1 Å². The molecule has 0 aliphatic heterocycles. The Balaban J connectivity index is 3.23. The molecule has 1 rings (SSSR count). The number of alkyl halides is 6. The molecule has 1 aromatic carbocycles. The quantitative estimate of drug-likeness (QED) is 0.641. The molecular formula is C14H14F6N2OS. The molecule has 0 saturated heterocycles. The molecule has 0 aromatic heterocycles. The van der Waals surface area contributed by atoms with E-state index in [0.717, 1.165) is 0 Å². The van der Waals surface area contributed by atoms with Crippen LogP contribution in [0.3, 0.4) is 0 Å². The van der Waals surface area contributed by atoms with Gasteiger partial charge >= 0.3 is 12.4 Å². The van der Waals surface area contributed by atoms with E-state index in [1.807, 2.05) is 0 Å². The van der Waals surface area contributed by atoms with Crippen molar-refractivity contribution in [2.45, 2.75) is 26.2 Å². The highest BCUT2D eigenvalue weighted by Crippen LogP contribution is 2.36. The van der Waals surface area contributed by atoms with Gasteiger partial charge in [0.15, 0.2) is 5.11 Å². The summed E-state index contributed by atoms with van der Waals surface area (Å²) in [4.78, 5) is 13.5. The fourth-order valence-electron chi connectivity index (χ4n) is 1.85. The molecule has 24 heavy (non-hydrogen) atoms. The molecule has 0 fully saturated rings. The van der Waals surface area contributed by atoms with Crippen molar-refractivity contribution in [3.05, 3.63) is 34.9 Å². The van der Waals surface area contributed by atoms with E-state index in [9.17, 15) is 31.1 Å². The lowest BCUT2D eigenvalue weighted by Gasteiger charge is -2.22. The molecule has 0 aliphatic rings. The Morgan fingerprint density at radius 1 is 1.00 bits per heavy atom. The molecule has 0 aliphatic carbocycles. The number of benzene rings is 1. The van der Waals surface area contributed by atoms with Crippen LogP contribution in [0.15, 0.2) is 18.2 Å². The summed E-state index contributed by atoms with van der Waals surface area (Å²) in [6.45, 7) is 4.31. The van der Waals surface area contributed by atoms with Crippen LogP contribution in [0.1, 0.15) is 35.3 Å². The van der Waals surface area contributed by atoms with Crippen LogP contribution in [0.25, 0.3) is 0 Å². The van der Waals surface area contributed by atoms with E-state index in [4.69, 9.17) is 12.2 Å². The molecular weight excluding hydrogens is 358 g/mol. The minimum atomic E-state index is -5.02. The smallest absolute Gasteiger partial charge is 0.350 e. The highest BCUT2D eigenvalue weighted by Gasteiger charge is 2.37. The van der Waals surface area contributed by atoms with Gasteiger partial charge in [0.1, 0.15) is 0 Å². The van der Waals surface area contributed by atoms with Crippen LogP contribution in [0, 0.1) is 0 Å². The molecule has 134 valence electrons. The van der Waals surface area contributed by atoms with Crippen molar-refractivity contribution in [1.82, 2.24) is 10.2 Å². The van der Waals surface area contributed by atoms with Crippen LogP contribution in [-0.2, 0) is 12.4 Å². The topological polar surface area (TPSA) is 32.3 Å². The Morgan fingerprint density at radius 2 is 1.42 bits per heavy atom. The highest BCUT2D eigenvalue weighted by molar-refractivity contribution is 7.80. The molecule has 1 amide bonds. The molecule has 0 atom stereocenters. The third-order valence-corrected chi connectivity index (χ3v) is 3.48. The number of hydrogen-bond donors (Lipinski definition) is 1. The Kier molecular flexibility index (Phi) is 6.20. The van der Waals surface area contributed by atoms with Crippen LogP contribution in [0.2, 0.25) is 0 Å². The Bertz CT molecular complexity index is 590. The lowest BCUT2D eigenvalue weighted by Crippen LogP contribution is -2.42. The van der Waals surface area contributed by atoms with Crippen LogP contribution in [0.5, 0.6) is 0 Å². The zero-order chi connectivity index (χ0) is 18.7. The largest absolute Gasteiger partial charge is 0.416 e. The first-order chi connectivity index (χ1) is 10.9. The summed E-state index contributed by atoms with van der Waals surface area (Å²) < 4.78 is 76.6. The van der Waals surface area contributed by atoms with Gasteiger partial charge < -0.3 is 4.90 Å². The van der Waals surface area contributed by atoms with Gasteiger partial charge in [0, 0.05) is 18.7 Å². The zero-order valence-corrected chi connectivity index (χ0v) is 13.5. The predicted octanol–water partition coefficient (Wildman–Crippen LogP) is 4.08. The van der Waals surface area contributed by atoms with Gasteiger partial charge in [0.2, 0.25) is 0 Å². The summed E-state index contributed by atoms with van der Waals surface area (Å²) in [6.07, 6.45) is -10.0. The summed E-state index contributed by atoms with van der Waals surface area (Å²) in [5.41, 5.74) is -3.89. The van der Waals surface area contributed by atoms with Gasteiger partial charge in [-0.15, -0.1) is 0 Å². The summed E-state index contributed by atoms with van der Waals surface area (Å²) in [5.74, 6) is -1.14. The Morgan fingerprint density at radius 3 is 1.75 bits per heavy atom. The number of hydrogen-bond acceptors (Lipinski definition) is 2. The highest BCUT2D eigenvalue weighted by atomic mass is 32.1. The second kappa shape index (κ2) is 7.37. The maximum atomic E-state index is 12.8. The van der Waals surface area contributed by atoms with E-state index in [1.54, 1.807) is 13.8 Å². The summed E-state index contributed by atoms with van der Waals surface area (Å²) in [5, 5.41) is 2.07. The van der Waals surface area contributed by atoms with Crippen LogP contribution in [0.4, 0.5) is 26.3 Å². The van der Waals surface area contributed by atoms with Crippen molar-refractivity contribution in [3.8, 4) is 0 Å². The number of nitrogens with zero attached hydrogens (tertiary/aromatic N) is 1. The van der Waals surface area contributed by atoms with Crippen molar-refractivity contribution in [2.24, 2.45) is 0 Å². The predicted molar refractivity (Wildman–Crippen MR) is 79.4 cm³/mol. The lowest BCUT2D eigenvalue weighted by atomic mass is 10.0. The van der Waals surface area contributed by atoms with E-state index < -0.39 is 35.0 Å². The standard InChI is InChI=1S/C14H14F6N2OS/c1-3-22(4-2)12(24)21-11(23)8-5-9(13(15,16)17)7-10(6-8)14(18,19)20/h5-7H,3-4H2,1-2H3,(H,21,23,24). The molecule has 1 N–H and O–H groups in total. The van der Waals surface area contributed by atoms with Gasteiger partial charge in [-0.2, -0.15) is 26.3 Å². The molecule has 3 nitrogen and oxygen atoms in total. The number of amides is 1. The number of carbonyl (C=O) groups excluding carboxylic acids is 1. The first kappa shape index (κ1) is 20.2. The van der Waals surface area contributed by atoms with Crippen molar-refractivity contribution < 1.29 is 31.1 Å². The molecule has 0 bridgehead atoms. The average molecular weight is 372 g/mol. The van der Waals surface area contributed by atoms with Crippen LogP contribution < -0.4 is 5.32 Å². The number of carbonyl (C=O) groups is 1. The normalized spacial score (nSPS) is 12.0. The number of rotatable bonds is 3. The Labute approximate surface area is 139 Å². The summed E-state index contributed by atoms with van der Waals surface area (Å²) in [7, 11) is 0. The fourth-order valence-corrected chi connectivity index (χ4v) is 2.20. The van der Waals surface area contributed by atoms with Gasteiger partial charge in [-0.05, 0) is 44.3 Å². The van der Waals surface area contributed by atoms with Crippen molar-refractivity contribution in [3.63, 3.8) is 0 Å². The SMILES string of the molecule is CCN(CC)C(=S)NC(=O)c1cc(C(F)(F)F)cc(C(F)(F)F)c1.